The molecule has 0 spiro atoms. The Morgan fingerprint density at radius 2 is 2.00 bits per heavy atom. The fraction of sp³-hybridized carbons (Fsp3) is 0.429. The van der Waals surface area contributed by atoms with Gasteiger partial charge >= 0.3 is 0 Å². The van der Waals surface area contributed by atoms with E-state index in [0.717, 1.165) is 12.0 Å². The number of amides is 1. The number of hydrogen-bond acceptors (Lipinski definition) is 2. The molecule has 3 nitrogen and oxygen atoms in total. The second-order valence-corrected chi connectivity index (χ2v) is 4.95. The van der Waals surface area contributed by atoms with E-state index in [1.807, 2.05) is 44.2 Å². The summed E-state index contributed by atoms with van der Waals surface area (Å²) in [6, 6.07) is 9.54. The van der Waals surface area contributed by atoms with Gasteiger partial charge in [-0.15, -0.1) is 0 Å². The Morgan fingerprint density at radius 1 is 1.39 bits per heavy atom. The molecule has 1 atom stereocenters. The van der Waals surface area contributed by atoms with Gasteiger partial charge in [-0.25, -0.2) is 0 Å². The number of halogens is 1. The summed E-state index contributed by atoms with van der Waals surface area (Å²) in [4.78, 5) is 11.7. The molecule has 1 aromatic rings. The van der Waals surface area contributed by atoms with Crippen molar-refractivity contribution in [2.24, 2.45) is 11.8 Å². The van der Waals surface area contributed by atoms with Crippen molar-refractivity contribution >= 4 is 17.5 Å². The summed E-state index contributed by atoms with van der Waals surface area (Å²) in [7, 11) is 0. The van der Waals surface area contributed by atoms with Crippen LogP contribution < -0.4 is 5.32 Å². The van der Waals surface area contributed by atoms with E-state index >= 15 is 0 Å². The van der Waals surface area contributed by atoms with Crippen molar-refractivity contribution in [3.8, 4) is 6.07 Å². The Labute approximate surface area is 113 Å². The topological polar surface area (TPSA) is 52.9 Å². The number of nitriles is 1. The molecule has 1 aromatic carbocycles. The number of nitrogens with one attached hydrogen (secondary N) is 1. The van der Waals surface area contributed by atoms with Crippen molar-refractivity contribution in [2.75, 3.05) is 6.54 Å². The minimum absolute atomic E-state index is 0.0329. The van der Waals surface area contributed by atoms with E-state index < -0.39 is 5.92 Å². The van der Waals surface area contributed by atoms with Crippen molar-refractivity contribution in [3.63, 3.8) is 0 Å². The van der Waals surface area contributed by atoms with Gasteiger partial charge in [-0.1, -0.05) is 37.6 Å². The van der Waals surface area contributed by atoms with Gasteiger partial charge in [0.05, 0.1) is 6.07 Å². The quantitative estimate of drug-likeness (QED) is 0.889. The molecule has 1 amide bonds. The first kappa shape index (κ1) is 14.5. The third kappa shape index (κ3) is 4.38. The summed E-state index contributed by atoms with van der Waals surface area (Å²) < 4.78 is 0. The molecule has 0 saturated heterocycles. The van der Waals surface area contributed by atoms with E-state index in [1.54, 1.807) is 0 Å². The monoisotopic (exact) mass is 264 g/mol. The molecule has 1 N–H and O–H groups in total. The molecule has 0 bridgehead atoms. The van der Waals surface area contributed by atoms with Gasteiger partial charge < -0.3 is 5.32 Å². The fourth-order valence-electron chi connectivity index (χ4n) is 1.60. The van der Waals surface area contributed by atoms with Crippen LogP contribution in [-0.4, -0.2) is 12.5 Å². The fourth-order valence-corrected chi connectivity index (χ4v) is 1.73. The van der Waals surface area contributed by atoms with Crippen LogP contribution in [0.25, 0.3) is 0 Å². The van der Waals surface area contributed by atoms with E-state index in [2.05, 4.69) is 5.32 Å². The molecule has 1 rings (SSSR count). The third-order valence-electron chi connectivity index (χ3n) is 2.71. The molecule has 18 heavy (non-hydrogen) atoms. The van der Waals surface area contributed by atoms with Crippen LogP contribution in [0.2, 0.25) is 5.02 Å². The normalized spacial score (nSPS) is 11.9. The van der Waals surface area contributed by atoms with Crippen LogP contribution in [0.4, 0.5) is 0 Å². The van der Waals surface area contributed by atoms with Gasteiger partial charge in [0.2, 0.25) is 5.91 Å². The molecular weight excluding hydrogens is 248 g/mol. The zero-order valence-electron chi connectivity index (χ0n) is 10.6. The van der Waals surface area contributed by atoms with Crippen molar-refractivity contribution in [2.45, 2.75) is 20.3 Å². The number of benzene rings is 1. The molecule has 1 unspecified atom stereocenters. The van der Waals surface area contributed by atoms with Crippen molar-refractivity contribution in [3.05, 3.63) is 34.9 Å². The summed E-state index contributed by atoms with van der Waals surface area (Å²) >= 11 is 5.79. The standard InChI is InChI=1S/C14H17ClN2O/c1-10(2)13(9-16)14(18)17-8-7-11-3-5-12(15)6-4-11/h3-6,10,13H,7-8H2,1-2H3,(H,17,18). The van der Waals surface area contributed by atoms with Gasteiger partial charge in [-0.05, 0) is 30.0 Å². The first-order valence-corrected chi connectivity index (χ1v) is 6.34. The van der Waals surface area contributed by atoms with Crippen molar-refractivity contribution in [1.29, 1.82) is 5.26 Å². The van der Waals surface area contributed by atoms with Crippen LogP contribution in [0.5, 0.6) is 0 Å². The van der Waals surface area contributed by atoms with Gasteiger partial charge in [0.15, 0.2) is 0 Å². The van der Waals surface area contributed by atoms with Crippen LogP contribution in [0.3, 0.4) is 0 Å². The average Bonchev–Trinajstić information content (AvgIpc) is 2.32. The van der Waals surface area contributed by atoms with Crippen LogP contribution in [0, 0.1) is 23.2 Å². The lowest BCUT2D eigenvalue weighted by molar-refractivity contribution is -0.124. The number of rotatable bonds is 5. The lowest BCUT2D eigenvalue weighted by Crippen LogP contribution is -2.34. The molecule has 0 aliphatic carbocycles. The zero-order chi connectivity index (χ0) is 13.5. The SMILES string of the molecule is CC(C)C(C#N)C(=O)NCCc1ccc(Cl)cc1. The molecule has 0 heterocycles. The molecule has 4 heteroatoms. The number of hydrogen-bond donors (Lipinski definition) is 1. The first-order valence-electron chi connectivity index (χ1n) is 5.96. The number of nitrogens with zero attached hydrogens (tertiary/aromatic N) is 1. The third-order valence-corrected chi connectivity index (χ3v) is 2.97. The lowest BCUT2D eigenvalue weighted by Gasteiger charge is -2.12. The summed E-state index contributed by atoms with van der Waals surface area (Å²) in [6.07, 6.45) is 0.735. The molecule has 0 aliphatic heterocycles. The van der Waals surface area contributed by atoms with Gasteiger partial charge in [0.25, 0.3) is 0 Å². The lowest BCUT2D eigenvalue weighted by atomic mass is 9.96. The Morgan fingerprint density at radius 3 is 2.50 bits per heavy atom. The minimum Gasteiger partial charge on any atom is -0.355 e. The molecule has 0 saturated carbocycles. The predicted octanol–water partition coefficient (Wildman–Crippen LogP) is 2.79. The number of carbonyl (C=O) groups excluding carboxylic acids is 1. The molecule has 0 aliphatic rings. The van der Waals surface area contributed by atoms with Crippen molar-refractivity contribution in [1.82, 2.24) is 5.32 Å². The maximum absolute atomic E-state index is 11.7. The Bertz CT molecular complexity index is 434. The summed E-state index contributed by atoms with van der Waals surface area (Å²) in [6.45, 7) is 4.27. The molecule has 0 aromatic heterocycles. The number of carbonyl (C=O) groups is 1. The second-order valence-electron chi connectivity index (χ2n) is 4.52. The zero-order valence-corrected chi connectivity index (χ0v) is 11.4. The van der Waals surface area contributed by atoms with Gasteiger partial charge in [0.1, 0.15) is 5.92 Å². The van der Waals surface area contributed by atoms with Crippen molar-refractivity contribution < 1.29 is 4.79 Å². The van der Waals surface area contributed by atoms with Gasteiger partial charge in [-0.2, -0.15) is 5.26 Å². The van der Waals surface area contributed by atoms with Gasteiger partial charge in [0, 0.05) is 11.6 Å². The van der Waals surface area contributed by atoms with Crippen LogP contribution in [0.15, 0.2) is 24.3 Å². The Balaban J connectivity index is 2.40. The smallest absolute Gasteiger partial charge is 0.237 e. The maximum Gasteiger partial charge on any atom is 0.237 e. The Hall–Kier alpha value is -1.53. The van der Waals surface area contributed by atoms with E-state index in [1.165, 1.54) is 0 Å². The molecule has 96 valence electrons. The highest BCUT2D eigenvalue weighted by molar-refractivity contribution is 6.30. The highest BCUT2D eigenvalue weighted by Gasteiger charge is 2.20. The molecular formula is C14H17ClN2O. The Kier molecular flexibility index (Phi) is 5.67. The second kappa shape index (κ2) is 7.03. The molecule has 0 fully saturated rings. The highest BCUT2D eigenvalue weighted by atomic mass is 35.5. The highest BCUT2D eigenvalue weighted by Crippen LogP contribution is 2.11. The minimum atomic E-state index is -0.574. The average molecular weight is 265 g/mol. The summed E-state index contributed by atoms with van der Waals surface area (Å²) in [5.74, 6) is -0.734. The maximum atomic E-state index is 11.7. The van der Waals surface area contributed by atoms with E-state index in [4.69, 9.17) is 16.9 Å². The van der Waals surface area contributed by atoms with Crippen LogP contribution >= 0.6 is 11.6 Å². The largest absolute Gasteiger partial charge is 0.355 e. The predicted molar refractivity (Wildman–Crippen MR) is 72.1 cm³/mol. The first-order chi connectivity index (χ1) is 8.54. The van der Waals surface area contributed by atoms with Gasteiger partial charge in [-0.3, -0.25) is 4.79 Å². The van der Waals surface area contributed by atoms with E-state index in [-0.39, 0.29) is 11.8 Å². The van der Waals surface area contributed by atoms with Crippen LogP contribution in [0.1, 0.15) is 19.4 Å². The molecule has 0 radical (unpaired) electrons. The van der Waals surface area contributed by atoms with Crippen LogP contribution in [-0.2, 0) is 11.2 Å². The summed E-state index contributed by atoms with van der Waals surface area (Å²) in [5, 5.41) is 12.4. The summed E-state index contributed by atoms with van der Waals surface area (Å²) in [5.41, 5.74) is 1.11. The van der Waals surface area contributed by atoms with E-state index in [0.29, 0.717) is 11.6 Å². The van der Waals surface area contributed by atoms with E-state index in [9.17, 15) is 4.79 Å².